The van der Waals surface area contributed by atoms with Crippen LogP contribution in [0.4, 0.5) is 5.69 Å². The van der Waals surface area contributed by atoms with Crippen LogP contribution >= 0.6 is 35.0 Å². The second-order valence-corrected chi connectivity index (χ2v) is 6.37. The lowest BCUT2D eigenvalue weighted by molar-refractivity contribution is -0.116. The topological polar surface area (TPSA) is 29.1 Å². The van der Waals surface area contributed by atoms with Crippen LogP contribution < -0.4 is 5.32 Å². The first-order chi connectivity index (χ1) is 10.2. The summed E-state index contributed by atoms with van der Waals surface area (Å²) in [6, 6.07) is 15.3. The third-order valence-electron chi connectivity index (χ3n) is 2.79. The Kier molecular flexibility index (Phi) is 6.43. The Morgan fingerprint density at radius 3 is 2.57 bits per heavy atom. The second-order valence-electron chi connectivity index (χ2n) is 4.41. The van der Waals surface area contributed by atoms with E-state index in [0.29, 0.717) is 22.2 Å². The Balaban J connectivity index is 1.74. The molecule has 21 heavy (non-hydrogen) atoms. The molecule has 0 saturated heterocycles. The molecular formula is C16H15Cl2NOS. The minimum atomic E-state index is -0.0483. The van der Waals surface area contributed by atoms with Gasteiger partial charge in [-0.25, -0.2) is 0 Å². The molecule has 2 rings (SSSR count). The number of hydrogen-bond acceptors (Lipinski definition) is 2. The average Bonchev–Trinajstić information content (AvgIpc) is 2.49. The summed E-state index contributed by atoms with van der Waals surface area (Å²) in [7, 11) is 0. The predicted octanol–water partition coefficient (Wildman–Crippen LogP) is 5.50. The Morgan fingerprint density at radius 2 is 1.81 bits per heavy atom. The highest BCUT2D eigenvalue weighted by Gasteiger charge is 2.08. The van der Waals surface area contributed by atoms with Crippen molar-refractivity contribution in [3.05, 3.63) is 58.6 Å². The summed E-state index contributed by atoms with van der Waals surface area (Å²) in [5.41, 5.74) is 0.560. The molecule has 5 heteroatoms. The molecule has 110 valence electrons. The van der Waals surface area contributed by atoms with Crippen molar-refractivity contribution in [2.24, 2.45) is 0 Å². The molecule has 0 spiro atoms. The Hall–Kier alpha value is -1.16. The monoisotopic (exact) mass is 339 g/mol. The van der Waals surface area contributed by atoms with E-state index in [-0.39, 0.29) is 5.91 Å². The summed E-state index contributed by atoms with van der Waals surface area (Å²) < 4.78 is 0. The lowest BCUT2D eigenvalue weighted by Gasteiger charge is -2.08. The minimum Gasteiger partial charge on any atom is -0.325 e. The number of amides is 1. The van der Waals surface area contributed by atoms with Gasteiger partial charge >= 0.3 is 0 Å². The van der Waals surface area contributed by atoms with Crippen molar-refractivity contribution in [1.29, 1.82) is 0 Å². The van der Waals surface area contributed by atoms with Gasteiger partial charge < -0.3 is 5.32 Å². The largest absolute Gasteiger partial charge is 0.325 e. The molecule has 0 bridgehead atoms. The summed E-state index contributed by atoms with van der Waals surface area (Å²) in [6.45, 7) is 0. The minimum absolute atomic E-state index is 0.0483. The molecule has 0 aliphatic heterocycles. The second kappa shape index (κ2) is 8.32. The molecule has 0 radical (unpaired) electrons. The fourth-order valence-corrected chi connectivity index (χ4v) is 2.97. The van der Waals surface area contributed by atoms with Crippen molar-refractivity contribution < 1.29 is 4.79 Å². The molecule has 0 saturated carbocycles. The Labute approximate surface area is 138 Å². The van der Waals surface area contributed by atoms with E-state index in [1.165, 1.54) is 4.90 Å². The van der Waals surface area contributed by atoms with Gasteiger partial charge in [-0.1, -0.05) is 47.5 Å². The standard InChI is InChI=1S/C16H15Cl2NOS/c17-13-8-4-9-14(16(13)18)19-15(20)10-5-11-21-12-6-2-1-3-7-12/h1-4,6-9H,5,10-11H2,(H,19,20). The van der Waals surface area contributed by atoms with Gasteiger partial charge in [0.15, 0.2) is 0 Å². The van der Waals surface area contributed by atoms with Crippen molar-refractivity contribution >= 4 is 46.6 Å². The van der Waals surface area contributed by atoms with E-state index in [0.717, 1.165) is 12.2 Å². The first kappa shape index (κ1) is 16.2. The fraction of sp³-hybridized carbons (Fsp3) is 0.188. The van der Waals surface area contributed by atoms with Crippen LogP contribution in [-0.2, 0) is 4.79 Å². The van der Waals surface area contributed by atoms with Crippen LogP contribution in [0.1, 0.15) is 12.8 Å². The molecule has 2 nitrogen and oxygen atoms in total. The molecule has 0 fully saturated rings. The van der Waals surface area contributed by atoms with Crippen LogP contribution in [0.15, 0.2) is 53.4 Å². The SMILES string of the molecule is O=C(CCCSc1ccccc1)Nc1cccc(Cl)c1Cl. The van der Waals surface area contributed by atoms with E-state index < -0.39 is 0 Å². The molecule has 0 unspecified atom stereocenters. The highest BCUT2D eigenvalue weighted by molar-refractivity contribution is 7.99. The zero-order chi connectivity index (χ0) is 15.1. The molecule has 2 aromatic carbocycles. The van der Waals surface area contributed by atoms with E-state index in [1.54, 1.807) is 30.0 Å². The number of anilines is 1. The fourth-order valence-electron chi connectivity index (χ4n) is 1.75. The van der Waals surface area contributed by atoms with E-state index in [9.17, 15) is 4.79 Å². The van der Waals surface area contributed by atoms with Gasteiger partial charge in [0, 0.05) is 11.3 Å². The maximum absolute atomic E-state index is 11.9. The van der Waals surface area contributed by atoms with Gasteiger partial charge in [0.1, 0.15) is 0 Å². The zero-order valence-corrected chi connectivity index (χ0v) is 13.6. The quantitative estimate of drug-likeness (QED) is 0.555. The predicted molar refractivity (Wildman–Crippen MR) is 91.5 cm³/mol. The number of carbonyl (C=O) groups is 1. The maximum atomic E-state index is 11.9. The van der Waals surface area contributed by atoms with Crippen molar-refractivity contribution in [3.8, 4) is 0 Å². The summed E-state index contributed by atoms with van der Waals surface area (Å²) >= 11 is 13.7. The number of thioether (sulfide) groups is 1. The molecule has 1 N–H and O–H groups in total. The van der Waals surface area contributed by atoms with E-state index >= 15 is 0 Å². The van der Waals surface area contributed by atoms with E-state index in [1.807, 2.05) is 18.2 Å². The lowest BCUT2D eigenvalue weighted by Crippen LogP contribution is -2.11. The lowest BCUT2D eigenvalue weighted by atomic mass is 10.3. The third kappa shape index (κ3) is 5.27. The molecular weight excluding hydrogens is 325 g/mol. The van der Waals surface area contributed by atoms with Crippen LogP contribution in [-0.4, -0.2) is 11.7 Å². The highest BCUT2D eigenvalue weighted by Crippen LogP contribution is 2.29. The van der Waals surface area contributed by atoms with Crippen molar-refractivity contribution in [1.82, 2.24) is 0 Å². The van der Waals surface area contributed by atoms with Gasteiger partial charge in [-0.05, 0) is 36.4 Å². The van der Waals surface area contributed by atoms with Crippen LogP contribution in [0.3, 0.4) is 0 Å². The van der Waals surface area contributed by atoms with Crippen molar-refractivity contribution in [2.75, 3.05) is 11.1 Å². The van der Waals surface area contributed by atoms with Crippen LogP contribution in [0.5, 0.6) is 0 Å². The summed E-state index contributed by atoms with van der Waals surface area (Å²) in [4.78, 5) is 13.1. The average molecular weight is 340 g/mol. The molecule has 0 heterocycles. The van der Waals surface area contributed by atoms with E-state index in [4.69, 9.17) is 23.2 Å². The van der Waals surface area contributed by atoms with Gasteiger partial charge in [0.05, 0.1) is 15.7 Å². The molecule has 0 aliphatic rings. The summed E-state index contributed by atoms with van der Waals surface area (Å²) in [6.07, 6.45) is 1.27. The first-order valence-electron chi connectivity index (χ1n) is 6.58. The summed E-state index contributed by atoms with van der Waals surface area (Å²) in [5.74, 6) is 0.855. The van der Waals surface area contributed by atoms with Crippen LogP contribution in [0, 0.1) is 0 Å². The van der Waals surface area contributed by atoms with Gasteiger partial charge in [-0.3, -0.25) is 4.79 Å². The molecule has 2 aromatic rings. The highest BCUT2D eigenvalue weighted by atomic mass is 35.5. The first-order valence-corrected chi connectivity index (χ1v) is 8.32. The Morgan fingerprint density at radius 1 is 1.05 bits per heavy atom. The van der Waals surface area contributed by atoms with Crippen molar-refractivity contribution in [3.63, 3.8) is 0 Å². The van der Waals surface area contributed by atoms with Gasteiger partial charge in [-0.2, -0.15) is 0 Å². The number of halogens is 2. The van der Waals surface area contributed by atoms with Crippen LogP contribution in [0.25, 0.3) is 0 Å². The van der Waals surface area contributed by atoms with E-state index in [2.05, 4.69) is 17.4 Å². The molecule has 0 aromatic heterocycles. The normalized spacial score (nSPS) is 10.4. The van der Waals surface area contributed by atoms with Gasteiger partial charge in [-0.15, -0.1) is 11.8 Å². The molecule has 0 aliphatic carbocycles. The number of benzene rings is 2. The maximum Gasteiger partial charge on any atom is 0.224 e. The van der Waals surface area contributed by atoms with Gasteiger partial charge in [0.25, 0.3) is 0 Å². The third-order valence-corrected chi connectivity index (χ3v) is 4.70. The molecule has 0 atom stereocenters. The number of hydrogen-bond donors (Lipinski definition) is 1. The smallest absolute Gasteiger partial charge is 0.224 e. The van der Waals surface area contributed by atoms with Gasteiger partial charge in [0.2, 0.25) is 5.91 Å². The number of nitrogens with one attached hydrogen (secondary N) is 1. The summed E-state index contributed by atoms with van der Waals surface area (Å²) in [5, 5.41) is 3.60. The Bertz CT molecular complexity index is 604. The number of rotatable bonds is 6. The van der Waals surface area contributed by atoms with Crippen molar-refractivity contribution in [2.45, 2.75) is 17.7 Å². The number of carbonyl (C=O) groups excluding carboxylic acids is 1. The molecule has 1 amide bonds. The van der Waals surface area contributed by atoms with Crippen LogP contribution in [0.2, 0.25) is 10.0 Å². The zero-order valence-electron chi connectivity index (χ0n) is 11.3.